The summed E-state index contributed by atoms with van der Waals surface area (Å²) in [6.07, 6.45) is -6.28. The van der Waals surface area contributed by atoms with Gasteiger partial charge in [0, 0.05) is 7.11 Å². The molecule has 0 heterocycles. The number of methoxy groups -OCH3 is 1. The highest BCUT2D eigenvalue weighted by Gasteiger charge is 2.38. The molecule has 0 radical (unpaired) electrons. The summed E-state index contributed by atoms with van der Waals surface area (Å²) in [4.78, 5) is 10.2. The lowest BCUT2D eigenvalue weighted by atomic mass is 10.2. The first-order chi connectivity index (χ1) is 9.49. The fourth-order valence-corrected chi connectivity index (χ4v) is 2.59. The third kappa shape index (κ3) is 4.14. The normalized spacial score (nSPS) is 13.8. The SMILES string of the molecule is CO[C@H](C)C(=O)NS(=O)(=O)c1ccc(F)cc1C(F)(F)F. The van der Waals surface area contributed by atoms with Crippen LogP contribution in [0.3, 0.4) is 0 Å². The minimum atomic E-state index is -5.10. The zero-order chi connectivity index (χ0) is 16.4. The van der Waals surface area contributed by atoms with Crippen molar-refractivity contribution in [1.29, 1.82) is 0 Å². The molecule has 1 atom stereocenters. The zero-order valence-electron chi connectivity index (χ0n) is 10.9. The number of hydrogen-bond donors (Lipinski definition) is 1. The van der Waals surface area contributed by atoms with Crippen molar-refractivity contribution in [3.63, 3.8) is 0 Å². The summed E-state index contributed by atoms with van der Waals surface area (Å²) in [5, 5.41) is 0. The van der Waals surface area contributed by atoms with Gasteiger partial charge in [-0.15, -0.1) is 0 Å². The van der Waals surface area contributed by atoms with E-state index in [1.54, 1.807) is 0 Å². The average molecular weight is 329 g/mol. The Labute approximate surface area is 118 Å². The molecule has 0 saturated carbocycles. The van der Waals surface area contributed by atoms with Gasteiger partial charge in [0.05, 0.1) is 10.5 Å². The lowest BCUT2D eigenvalue weighted by Crippen LogP contribution is -2.38. The number of hydrogen-bond acceptors (Lipinski definition) is 4. The van der Waals surface area contributed by atoms with Crippen molar-refractivity contribution in [2.45, 2.75) is 24.1 Å². The van der Waals surface area contributed by atoms with E-state index in [1.165, 1.54) is 11.6 Å². The maximum absolute atomic E-state index is 12.9. The predicted octanol–water partition coefficient (Wildman–Crippen LogP) is 1.68. The predicted molar refractivity (Wildman–Crippen MR) is 63.2 cm³/mol. The van der Waals surface area contributed by atoms with Crippen molar-refractivity contribution in [1.82, 2.24) is 4.72 Å². The molecular weight excluding hydrogens is 318 g/mol. The molecule has 1 aromatic carbocycles. The Morgan fingerprint density at radius 1 is 1.33 bits per heavy atom. The molecular formula is C11H11F4NO4S. The van der Waals surface area contributed by atoms with Crippen LogP contribution in [0.25, 0.3) is 0 Å². The average Bonchev–Trinajstić information content (AvgIpc) is 2.35. The quantitative estimate of drug-likeness (QED) is 0.853. The lowest BCUT2D eigenvalue weighted by molar-refractivity contribution is -0.140. The summed E-state index contributed by atoms with van der Waals surface area (Å²) in [5.74, 6) is -2.40. The first-order valence-electron chi connectivity index (χ1n) is 5.45. The van der Waals surface area contributed by atoms with Crippen LogP contribution >= 0.6 is 0 Å². The van der Waals surface area contributed by atoms with Crippen LogP contribution in [-0.2, 0) is 25.7 Å². The molecule has 0 unspecified atom stereocenters. The number of halogens is 4. The summed E-state index contributed by atoms with van der Waals surface area (Å²) >= 11 is 0. The topological polar surface area (TPSA) is 72.5 Å². The molecule has 0 spiro atoms. The van der Waals surface area contributed by atoms with Gasteiger partial charge >= 0.3 is 6.18 Å². The van der Waals surface area contributed by atoms with E-state index in [9.17, 15) is 30.8 Å². The van der Waals surface area contributed by atoms with Crippen molar-refractivity contribution in [2.75, 3.05) is 7.11 Å². The minimum Gasteiger partial charge on any atom is -0.372 e. The van der Waals surface area contributed by atoms with Crippen molar-refractivity contribution in [3.8, 4) is 0 Å². The Morgan fingerprint density at radius 2 is 1.90 bits per heavy atom. The molecule has 0 aliphatic heterocycles. The minimum absolute atomic E-state index is 0.0405. The summed E-state index contributed by atoms with van der Waals surface area (Å²) < 4.78 is 80.8. The summed E-state index contributed by atoms with van der Waals surface area (Å²) in [6.45, 7) is 1.21. The van der Waals surface area contributed by atoms with Gasteiger partial charge in [0.15, 0.2) is 0 Å². The number of ether oxygens (including phenoxy) is 1. The molecule has 0 aliphatic rings. The third-order valence-electron chi connectivity index (χ3n) is 2.49. The molecule has 0 aromatic heterocycles. The Hall–Kier alpha value is -1.68. The molecule has 118 valence electrons. The molecule has 0 fully saturated rings. The first-order valence-corrected chi connectivity index (χ1v) is 6.93. The van der Waals surface area contributed by atoms with E-state index in [2.05, 4.69) is 4.74 Å². The van der Waals surface area contributed by atoms with E-state index in [-0.39, 0.29) is 6.07 Å². The highest BCUT2D eigenvalue weighted by Crippen LogP contribution is 2.34. The molecule has 21 heavy (non-hydrogen) atoms. The monoisotopic (exact) mass is 329 g/mol. The molecule has 5 nitrogen and oxygen atoms in total. The molecule has 1 rings (SSSR count). The Morgan fingerprint density at radius 3 is 2.38 bits per heavy atom. The van der Waals surface area contributed by atoms with E-state index in [1.807, 2.05) is 0 Å². The van der Waals surface area contributed by atoms with E-state index in [4.69, 9.17) is 0 Å². The van der Waals surface area contributed by atoms with Gasteiger partial charge in [-0.05, 0) is 25.1 Å². The second kappa shape index (κ2) is 5.98. The molecule has 1 aromatic rings. The summed E-state index contributed by atoms with van der Waals surface area (Å²) in [7, 11) is -3.69. The Bertz CT molecular complexity index is 642. The van der Waals surface area contributed by atoms with Crippen LogP contribution in [0.5, 0.6) is 0 Å². The number of rotatable bonds is 4. The second-order valence-electron chi connectivity index (χ2n) is 3.99. The van der Waals surface area contributed by atoms with Gasteiger partial charge in [0.2, 0.25) is 0 Å². The van der Waals surface area contributed by atoms with Gasteiger partial charge < -0.3 is 4.74 Å². The summed E-state index contributed by atoms with van der Waals surface area (Å²) in [6, 6.07) is 1.03. The third-order valence-corrected chi connectivity index (χ3v) is 3.90. The number of amides is 1. The van der Waals surface area contributed by atoms with Crippen LogP contribution in [0.2, 0.25) is 0 Å². The molecule has 1 N–H and O–H groups in total. The fraction of sp³-hybridized carbons (Fsp3) is 0.364. The van der Waals surface area contributed by atoms with Crippen LogP contribution < -0.4 is 4.72 Å². The molecule has 0 bridgehead atoms. The smallest absolute Gasteiger partial charge is 0.372 e. The van der Waals surface area contributed by atoms with E-state index in [0.29, 0.717) is 12.1 Å². The van der Waals surface area contributed by atoms with Gasteiger partial charge in [0.1, 0.15) is 11.9 Å². The van der Waals surface area contributed by atoms with Crippen LogP contribution in [0.1, 0.15) is 12.5 Å². The van der Waals surface area contributed by atoms with Crippen molar-refractivity contribution >= 4 is 15.9 Å². The number of sulfonamides is 1. The van der Waals surface area contributed by atoms with Crippen LogP contribution in [-0.4, -0.2) is 27.5 Å². The zero-order valence-corrected chi connectivity index (χ0v) is 11.7. The van der Waals surface area contributed by atoms with Crippen molar-refractivity contribution in [2.24, 2.45) is 0 Å². The van der Waals surface area contributed by atoms with Crippen LogP contribution in [0.4, 0.5) is 17.6 Å². The molecule has 10 heteroatoms. The van der Waals surface area contributed by atoms with E-state index >= 15 is 0 Å². The van der Waals surface area contributed by atoms with Gasteiger partial charge in [0.25, 0.3) is 15.9 Å². The van der Waals surface area contributed by atoms with E-state index in [0.717, 1.165) is 7.11 Å². The second-order valence-corrected chi connectivity index (χ2v) is 5.64. The van der Waals surface area contributed by atoms with Gasteiger partial charge in [-0.1, -0.05) is 0 Å². The van der Waals surface area contributed by atoms with E-state index < -0.39 is 44.5 Å². The van der Waals surface area contributed by atoms with Gasteiger partial charge in [-0.2, -0.15) is 13.2 Å². The highest BCUT2D eigenvalue weighted by atomic mass is 32.2. The van der Waals surface area contributed by atoms with Crippen LogP contribution in [0.15, 0.2) is 23.1 Å². The lowest BCUT2D eigenvalue weighted by Gasteiger charge is -2.15. The Balaban J connectivity index is 3.30. The number of alkyl halides is 3. The first kappa shape index (κ1) is 17.4. The van der Waals surface area contributed by atoms with Gasteiger partial charge in [-0.3, -0.25) is 4.79 Å². The molecule has 0 aliphatic carbocycles. The largest absolute Gasteiger partial charge is 0.417 e. The maximum atomic E-state index is 12.9. The number of nitrogens with one attached hydrogen (secondary N) is 1. The van der Waals surface area contributed by atoms with Crippen molar-refractivity contribution in [3.05, 3.63) is 29.6 Å². The number of carbonyl (C=O) groups excluding carboxylic acids is 1. The van der Waals surface area contributed by atoms with Crippen LogP contribution in [0, 0.1) is 5.82 Å². The summed E-state index contributed by atoms with van der Waals surface area (Å²) in [5.41, 5.74) is -1.70. The standard InChI is InChI=1S/C11H11F4NO4S/c1-6(20-2)10(17)16-21(18,19)9-4-3-7(12)5-8(9)11(13,14)15/h3-6H,1-2H3,(H,16,17)/t6-/m1/s1. The molecule has 1 amide bonds. The molecule has 0 saturated heterocycles. The maximum Gasteiger partial charge on any atom is 0.417 e. The van der Waals surface area contributed by atoms with Crippen molar-refractivity contribution < 1.29 is 35.5 Å². The fourth-order valence-electron chi connectivity index (χ4n) is 1.34. The number of benzene rings is 1. The Kier molecular flexibility index (Phi) is 4.95. The number of carbonyl (C=O) groups is 1. The van der Waals surface area contributed by atoms with Gasteiger partial charge in [-0.25, -0.2) is 17.5 Å². The highest BCUT2D eigenvalue weighted by molar-refractivity contribution is 7.90.